The molecular formula is C6H12N2S2. The van der Waals surface area contributed by atoms with Crippen molar-refractivity contribution in [2.75, 3.05) is 24.6 Å². The van der Waals surface area contributed by atoms with Crippen LogP contribution in [0.25, 0.3) is 0 Å². The molecule has 0 N–H and O–H groups in total. The Morgan fingerprint density at radius 1 is 0.900 bits per heavy atom. The summed E-state index contributed by atoms with van der Waals surface area (Å²) in [5.74, 6) is 1.58. The van der Waals surface area contributed by atoms with Gasteiger partial charge in [-0.2, -0.15) is 25.3 Å². The molecule has 0 aliphatic rings. The Kier molecular flexibility index (Phi) is 9.08. The van der Waals surface area contributed by atoms with Crippen molar-refractivity contribution in [1.82, 2.24) is 0 Å². The molecule has 0 amide bonds. The highest BCUT2D eigenvalue weighted by Crippen LogP contribution is 1.74. The van der Waals surface area contributed by atoms with Crippen molar-refractivity contribution >= 4 is 37.7 Å². The molecular weight excluding hydrogens is 164 g/mol. The molecule has 0 heterocycles. The van der Waals surface area contributed by atoms with Gasteiger partial charge in [0.2, 0.25) is 0 Å². The van der Waals surface area contributed by atoms with Crippen LogP contribution >= 0.6 is 25.3 Å². The largest absolute Gasteiger partial charge is 0.291 e. The van der Waals surface area contributed by atoms with E-state index in [1.807, 2.05) is 0 Å². The van der Waals surface area contributed by atoms with Gasteiger partial charge >= 0.3 is 0 Å². The number of hydrogen-bond donors (Lipinski definition) is 2. The van der Waals surface area contributed by atoms with Gasteiger partial charge in [-0.25, -0.2) is 0 Å². The molecule has 0 bridgehead atoms. The Balaban J connectivity index is 3.15. The first-order valence-electron chi connectivity index (χ1n) is 3.11. The zero-order valence-electron chi connectivity index (χ0n) is 5.77. The summed E-state index contributed by atoms with van der Waals surface area (Å²) in [5, 5.41) is 0. The number of nitrogens with zero attached hydrogens (tertiary/aromatic N) is 2. The van der Waals surface area contributed by atoms with Crippen LogP contribution in [0, 0.1) is 0 Å². The third-order valence-electron chi connectivity index (χ3n) is 0.736. The van der Waals surface area contributed by atoms with Gasteiger partial charge in [-0.15, -0.1) is 0 Å². The molecule has 58 valence electrons. The monoisotopic (exact) mass is 176 g/mol. The van der Waals surface area contributed by atoms with Crippen molar-refractivity contribution in [1.29, 1.82) is 0 Å². The van der Waals surface area contributed by atoms with E-state index in [0.29, 0.717) is 0 Å². The predicted molar refractivity (Wildman–Crippen MR) is 54.4 cm³/mol. The Bertz CT molecular complexity index is 98.3. The molecule has 0 radical (unpaired) electrons. The summed E-state index contributed by atoms with van der Waals surface area (Å²) in [5.41, 5.74) is 0. The highest BCUT2D eigenvalue weighted by molar-refractivity contribution is 7.80. The minimum absolute atomic E-state index is 0.760. The molecule has 0 fully saturated rings. The van der Waals surface area contributed by atoms with Crippen LogP contribution in [0.4, 0.5) is 0 Å². The molecule has 0 aromatic rings. The van der Waals surface area contributed by atoms with Crippen LogP contribution in [0.1, 0.15) is 0 Å². The van der Waals surface area contributed by atoms with Crippen molar-refractivity contribution in [3.63, 3.8) is 0 Å². The maximum Gasteiger partial charge on any atom is 0.0478 e. The molecule has 0 rings (SSSR count). The molecule has 0 saturated carbocycles. The summed E-state index contributed by atoms with van der Waals surface area (Å²) in [6, 6.07) is 0. The second-order valence-corrected chi connectivity index (χ2v) is 2.45. The fraction of sp³-hybridized carbons (Fsp3) is 0.667. The lowest BCUT2D eigenvalue weighted by Crippen LogP contribution is -1.85. The first-order valence-corrected chi connectivity index (χ1v) is 4.38. The van der Waals surface area contributed by atoms with Gasteiger partial charge in [0.05, 0.1) is 0 Å². The number of rotatable bonds is 5. The summed E-state index contributed by atoms with van der Waals surface area (Å²) in [6.07, 6.45) is 3.39. The van der Waals surface area contributed by atoms with Crippen molar-refractivity contribution in [3.8, 4) is 0 Å². The van der Waals surface area contributed by atoms with E-state index in [-0.39, 0.29) is 0 Å². The van der Waals surface area contributed by atoms with Gasteiger partial charge in [-0.05, 0) is 0 Å². The highest BCUT2D eigenvalue weighted by atomic mass is 32.1. The Hall–Kier alpha value is 0.0400. The van der Waals surface area contributed by atoms with E-state index in [9.17, 15) is 0 Å². The Labute approximate surface area is 72.7 Å². The van der Waals surface area contributed by atoms with Crippen molar-refractivity contribution in [2.24, 2.45) is 9.98 Å². The van der Waals surface area contributed by atoms with Crippen LogP contribution in [-0.4, -0.2) is 37.0 Å². The van der Waals surface area contributed by atoms with Crippen molar-refractivity contribution < 1.29 is 0 Å². The van der Waals surface area contributed by atoms with Gasteiger partial charge in [-0.1, -0.05) is 0 Å². The second kappa shape index (κ2) is 9.04. The van der Waals surface area contributed by atoms with E-state index >= 15 is 0 Å². The summed E-state index contributed by atoms with van der Waals surface area (Å²) >= 11 is 7.99. The molecule has 10 heavy (non-hydrogen) atoms. The molecule has 0 atom stereocenters. The minimum atomic E-state index is 0.760. The molecule has 0 aliphatic carbocycles. The van der Waals surface area contributed by atoms with Crippen molar-refractivity contribution in [2.45, 2.75) is 0 Å². The van der Waals surface area contributed by atoms with Crippen LogP contribution < -0.4 is 0 Å². The summed E-state index contributed by atoms with van der Waals surface area (Å²) in [7, 11) is 0. The van der Waals surface area contributed by atoms with E-state index in [0.717, 1.165) is 24.6 Å². The molecule has 0 aliphatic heterocycles. The molecule has 0 unspecified atom stereocenters. The van der Waals surface area contributed by atoms with Crippen LogP contribution in [0.15, 0.2) is 9.98 Å². The quantitative estimate of drug-likeness (QED) is 0.461. The summed E-state index contributed by atoms with van der Waals surface area (Å²) < 4.78 is 0. The fourth-order valence-corrected chi connectivity index (χ4v) is 0.590. The standard InChI is InChI=1S/C6H12N2S2/c9-5-3-7-1-2-8-4-6-10/h1-2,9-10H,3-6H2. The summed E-state index contributed by atoms with van der Waals surface area (Å²) in [6.45, 7) is 1.52. The summed E-state index contributed by atoms with van der Waals surface area (Å²) in [4.78, 5) is 7.97. The lowest BCUT2D eigenvalue weighted by Gasteiger charge is -1.82. The molecule has 2 nitrogen and oxygen atoms in total. The smallest absolute Gasteiger partial charge is 0.0478 e. The zero-order valence-corrected chi connectivity index (χ0v) is 7.56. The molecule has 0 aromatic heterocycles. The van der Waals surface area contributed by atoms with Gasteiger partial charge in [0.1, 0.15) is 0 Å². The third kappa shape index (κ3) is 8.04. The lowest BCUT2D eigenvalue weighted by molar-refractivity contribution is 1.15. The molecule has 0 aromatic carbocycles. The molecule has 0 spiro atoms. The maximum atomic E-state index is 3.99. The number of thiol groups is 2. The Morgan fingerprint density at radius 3 is 1.60 bits per heavy atom. The topological polar surface area (TPSA) is 24.7 Å². The second-order valence-electron chi connectivity index (χ2n) is 1.56. The third-order valence-corrected chi connectivity index (χ3v) is 1.14. The van der Waals surface area contributed by atoms with Crippen LogP contribution in [0.3, 0.4) is 0 Å². The van der Waals surface area contributed by atoms with Gasteiger partial charge < -0.3 is 0 Å². The lowest BCUT2D eigenvalue weighted by atomic mass is 10.7. The van der Waals surface area contributed by atoms with Crippen LogP contribution in [0.2, 0.25) is 0 Å². The van der Waals surface area contributed by atoms with Crippen LogP contribution in [-0.2, 0) is 0 Å². The molecule has 0 saturated heterocycles. The van der Waals surface area contributed by atoms with Crippen molar-refractivity contribution in [3.05, 3.63) is 0 Å². The van der Waals surface area contributed by atoms with E-state index in [1.165, 1.54) is 0 Å². The average Bonchev–Trinajstić information content (AvgIpc) is 1.97. The normalized spacial score (nSPS) is 11.8. The first-order chi connectivity index (χ1) is 4.91. The fourth-order valence-electron chi connectivity index (χ4n) is 0.359. The number of hydrogen-bond acceptors (Lipinski definition) is 4. The number of aliphatic imine (C=N–C) groups is 2. The van der Waals surface area contributed by atoms with Crippen LogP contribution in [0.5, 0.6) is 0 Å². The van der Waals surface area contributed by atoms with Gasteiger partial charge in [0.15, 0.2) is 0 Å². The highest BCUT2D eigenvalue weighted by Gasteiger charge is 1.71. The first kappa shape index (κ1) is 10.0. The van der Waals surface area contributed by atoms with Gasteiger partial charge in [0, 0.05) is 37.0 Å². The van der Waals surface area contributed by atoms with E-state index < -0.39 is 0 Å². The minimum Gasteiger partial charge on any atom is -0.291 e. The maximum absolute atomic E-state index is 3.99. The predicted octanol–water partition coefficient (Wildman–Crippen LogP) is 0.988. The Morgan fingerprint density at radius 2 is 1.30 bits per heavy atom. The van der Waals surface area contributed by atoms with E-state index in [1.54, 1.807) is 12.4 Å². The molecule has 4 heteroatoms. The van der Waals surface area contributed by atoms with Gasteiger partial charge in [-0.3, -0.25) is 9.98 Å². The van der Waals surface area contributed by atoms with Gasteiger partial charge in [0.25, 0.3) is 0 Å². The average molecular weight is 176 g/mol. The van der Waals surface area contributed by atoms with E-state index in [2.05, 4.69) is 35.2 Å². The van der Waals surface area contributed by atoms with E-state index in [4.69, 9.17) is 0 Å². The SMILES string of the molecule is SCCN=CC=NCCS. The zero-order chi connectivity index (χ0) is 7.66.